The normalized spacial score (nSPS) is 17.2. The number of piperazine rings is 1. The Labute approximate surface area is 153 Å². The third kappa shape index (κ3) is 5.68. The number of ether oxygens (including phenoxy) is 1. The van der Waals surface area contributed by atoms with E-state index in [-0.39, 0.29) is 36.4 Å². The summed E-state index contributed by atoms with van der Waals surface area (Å²) in [5, 5.41) is 13.1. The van der Waals surface area contributed by atoms with Crippen LogP contribution in [0.15, 0.2) is 16.6 Å². The van der Waals surface area contributed by atoms with Gasteiger partial charge >= 0.3 is 6.18 Å². The number of hydrogen-bond acceptors (Lipinski definition) is 4. The van der Waals surface area contributed by atoms with Gasteiger partial charge in [-0.2, -0.15) is 13.2 Å². The molecular weight excluding hydrogens is 413 g/mol. The lowest BCUT2D eigenvalue weighted by Crippen LogP contribution is -2.45. The smallest absolute Gasteiger partial charge is 0.389 e. The number of methoxy groups -OCH3 is 1. The molecule has 0 spiro atoms. The standard InChI is InChI=1S/C15H20BrF3N2O2.ClH/c1-23-13-9-10(8-11(16)14(13)22)12(2-3-15(17,18)19)21-6-4-20-5-7-21;/h8-9,12,20,22H,2-7H2,1H3;1H/t12-;/m0./s1. The second-order valence-electron chi connectivity index (χ2n) is 5.51. The van der Waals surface area contributed by atoms with Crippen molar-refractivity contribution in [1.29, 1.82) is 0 Å². The zero-order valence-corrected chi connectivity index (χ0v) is 15.6. The summed E-state index contributed by atoms with van der Waals surface area (Å²) in [4.78, 5) is 2.04. The lowest BCUT2D eigenvalue weighted by Gasteiger charge is -2.35. The van der Waals surface area contributed by atoms with Crippen LogP contribution in [0.25, 0.3) is 0 Å². The number of rotatable bonds is 5. The van der Waals surface area contributed by atoms with Gasteiger partial charge in [-0.1, -0.05) is 0 Å². The van der Waals surface area contributed by atoms with E-state index in [0.717, 1.165) is 13.1 Å². The number of phenols is 1. The van der Waals surface area contributed by atoms with Gasteiger partial charge in [0, 0.05) is 38.6 Å². The lowest BCUT2D eigenvalue weighted by molar-refractivity contribution is -0.138. The van der Waals surface area contributed by atoms with E-state index in [9.17, 15) is 18.3 Å². The number of nitrogens with one attached hydrogen (secondary N) is 1. The number of alkyl halides is 3. The fraction of sp³-hybridized carbons (Fsp3) is 0.600. The van der Waals surface area contributed by atoms with Crippen molar-refractivity contribution in [2.24, 2.45) is 0 Å². The highest BCUT2D eigenvalue weighted by Crippen LogP contribution is 2.40. The van der Waals surface area contributed by atoms with Crippen molar-refractivity contribution in [2.75, 3.05) is 33.3 Å². The Bertz CT molecular complexity index is 540. The van der Waals surface area contributed by atoms with Crippen LogP contribution in [0, 0.1) is 0 Å². The predicted octanol–water partition coefficient (Wildman–Crippen LogP) is 3.87. The first kappa shape index (κ1) is 21.3. The Balaban J connectivity index is 0.00000288. The molecule has 1 aliphatic heterocycles. The largest absolute Gasteiger partial charge is 0.503 e. The summed E-state index contributed by atoms with van der Waals surface area (Å²) in [6.45, 7) is 2.87. The zero-order valence-electron chi connectivity index (χ0n) is 13.2. The Morgan fingerprint density at radius 1 is 1.33 bits per heavy atom. The van der Waals surface area contributed by atoms with Gasteiger partial charge in [-0.15, -0.1) is 12.4 Å². The molecule has 1 aliphatic rings. The number of aromatic hydroxyl groups is 1. The van der Waals surface area contributed by atoms with E-state index in [4.69, 9.17) is 4.74 Å². The maximum atomic E-state index is 12.7. The molecule has 24 heavy (non-hydrogen) atoms. The fourth-order valence-electron chi connectivity index (χ4n) is 2.80. The number of benzene rings is 1. The average Bonchev–Trinajstić information content (AvgIpc) is 2.50. The van der Waals surface area contributed by atoms with Gasteiger partial charge in [-0.25, -0.2) is 0 Å². The lowest BCUT2D eigenvalue weighted by atomic mass is 9.98. The van der Waals surface area contributed by atoms with E-state index in [0.29, 0.717) is 23.1 Å². The Kier molecular flexibility index (Phi) is 8.11. The van der Waals surface area contributed by atoms with Crippen molar-refractivity contribution in [3.05, 3.63) is 22.2 Å². The van der Waals surface area contributed by atoms with E-state index in [1.165, 1.54) is 7.11 Å². The molecule has 1 aromatic carbocycles. The van der Waals surface area contributed by atoms with Gasteiger partial charge in [0.1, 0.15) is 0 Å². The van der Waals surface area contributed by atoms with Crippen LogP contribution in [0.4, 0.5) is 13.2 Å². The van der Waals surface area contributed by atoms with Crippen LogP contribution in [0.5, 0.6) is 11.5 Å². The second-order valence-corrected chi connectivity index (χ2v) is 6.36. The Hall–Kier alpha value is -0.700. The van der Waals surface area contributed by atoms with Gasteiger partial charge in [0.05, 0.1) is 11.6 Å². The molecule has 4 nitrogen and oxygen atoms in total. The summed E-state index contributed by atoms with van der Waals surface area (Å²) < 4.78 is 43.6. The van der Waals surface area contributed by atoms with Crippen LogP contribution in [0.3, 0.4) is 0 Å². The van der Waals surface area contributed by atoms with Gasteiger partial charge in [0.25, 0.3) is 0 Å². The summed E-state index contributed by atoms with van der Waals surface area (Å²) >= 11 is 3.24. The molecule has 0 bridgehead atoms. The molecule has 0 aromatic heterocycles. The molecular formula is C15H21BrClF3N2O2. The summed E-state index contributed by atoms with van der Waals surface area (Å²) in [5.74, 6) is 0.202. The minimum atomic E-state index is -4.19. The predicted molar refractivity (Wildman–Crippen MR) is 92.1 cm³/mol. The molecule has 0 radical (unpaired) electrons. The third-order valence-corrected chi connectivity index (χ3v) is 4.55. The first-order valence-corrected chi connectivity index (χ1v) is 8.19. The molecule has 138 valence electrons. The van der Waals surface area contributed by atoms with Crippen LogP contribution < -0.4 is 10.1 Å². The number of phenolic OH excluding ortho intramolecular Hbond substituents is 1. The first-order valence-electron chi connectivity index (χ1n) is 7.39. The Morgan fingerprint density at radius 2 is 1.96 bits per heavy atom. The second kappa shape index (κ2) is 9.12. The summed E-state index contributed by atoms with van der Waals surface area (Å²) in [7, 11) is 1.42. The molecule has 1 atom stereocenters. The molecule has 9 heteroatoms. The van der Waals surface area contributed by atoms with Crippen molar-refractivity contribution in [2.45, 2.75) is 25.1 Å². The molecule has 2 rings (SSSR count). The maximum absolute atomic E-state index is 12.7. The van der Waals surface area contributed by atoms with Crippen molar-refractivity contribution in [3.63, 3.8) is 0 Å². The third-order valence-electron chi connectivity index (χ3n) is 3.95. The molecule has 1 saturated heterocycles. The van der Waals surface area contributed by atoms with E-state index < -0.39 is 12.6 Å². The van der Waals surface area contributed by atoms with Gasteiger partial charge in [-0.05, 0) is 40.0 Å². The van der Waals surface area contributed by atoms with Crippen molar-refractivity contribution in [3.8, 4) is 11.5 Å². The van der Waals surface area contributed by atoms with Crippen LogP contribution in [0.1, 0.15) is 24.4 Å². The minimum absolute atomic E-state index is 0. The molecule has 0 unspecified atom stereocenters. The van der Waals surface area contributed by atoms with Crippen LogP contribution in [-0.2, 0) is 0 Å². The van der Waals surface area contributed by atoms with Gasteiger partial charge in [0.2, 0.25) is 0 Å². The molecule has 0 aliphatic carbocycles. The first-order chi connectivity index (χ1) is 10.8. The molecule has 1 fully saturated rings. The zero-order chi connectivity index (χ0) is 17.0. The molecule has 1 heterocycles. The molecule has 2 N–H and O–H groups in total. The van der Waals surface area contributed by atoms with Gasteiger partial charge in [-0.3, -0.25) is 4.90 Å². The van der Waals surface area contributed by atoms with Gasteiger partial charge in [0.15, 0.2) is 11.5 Å². The van der Waals surface area contributed by atoms with E-state index >= 15 is 0 Å². The average molecular weight is 434 g/mol. The number of halogens is 5. The van der Waals surface area contributed by atoms with E-state index in [2.05, 4.69) is 21.2 Å². The van der Waals surface area contributed by atoms with Crippen LogP contribution in [-0.4, -0.2) is 49.5 Å². The number of hydrogen-bond donors (Lipinski definition) is 2. The highest BCUT2D eigenvalue weighted by atomic mass is 79.9. The minimum Gasteiger partial charge on any atom is -0.503 e. The van der Waals surface area contributed by atoms with Gasteiger partial charge < -0.3 is 15.2 Å². The topological polar surface area (TPSA) is 44.7 Å². The van der Waals surface area contributed by atoms with E-state index in [1.54, 1.807) is 12.1 Å². The SMILES string of the molecule is COc1cc([C@H](CCC(F)(F)F)N2CCNCC2)cc(Br)c1O.Cl. The van der Waals surface area contributed by atoms with Crippen LogP contribution in [0.2, 0.25) is 0 Å². The highest BCUT2D eigenvalue weighted by Gasteiger charge is 2.31. The molecule has 1 aromatic rings. The quantitative estimate of drug-likeness (QED) is 0.740. The molecule has 0 saturated carbocycles. The maximum Gasteiger partial charge on any atom is 0.389 e. The monoisotopic (exact) mass is 432 g/mol. The summed E-state index contributed by atoms with van der Waals surface area (Å²) in [6, 6.07) is 2.91. The van der Waals surface area contributed by atoms with E-state index in [1.807, 2.05) is 4.90 Å². The van der Waals surface area contributed by atoms with Crippen molar-refractivity contribution < 1.29 is 23.0 Å². The summed E-state index contributed by atoms with van der Waals surface area (Å²) in [5.41, 5.74) is 0.706. The summed E-state index contributed by atoms with van der Waals surface area (Å²) in [6.07, 6.45) is -5.06. The Morgan fingerprint density at radius 3 is 2.50 bits per heavy atom. The fourth-order valence-corrected chi connectivity index (χ4v) is 3.26. The van der Waals surface area contributed by atoms with Crippen molar-refractivity contribution in [1.82, 2.24) is 10.2 Å². The molecule has 0 amide bonds. The highest BCUT2D eigenvalue weighted by molar-refractivity contribution is 9.10. The number of nitrogens with zero attached hydrogens (tertiary/aromatic N) is 1. The van der Waals surface area contributed by atoms with Crippen molar-refractivity contribution >= 4 is 28.3 Å². The van der Waals surface area contributed by atoms with Crippen LogP contribution >= 0.6 is 28.3 Å².